The zero-order valence-corrected chi connectivity index (χ0v) is 15.2. The van der Waals surface area contributed by atoms with Gasteiger partial charge in [-0.15, -0.1) is 13.2 Å². The molecule has 1 heterocycles. The van der Waals surface area contributed by atoms with Crippen molar-refractivity contribution in [2.24, 2.45) is 5.92 Å². The van der Waals surface area contributed by atoms with E-state index < -0.39 is 18.1 Å². The van der Waals surface area contributed by atoms with E-state index in [1.54, 1.807) is 12.1 Å². The molecule has 5 nitrogen and oxygen atoms in total. The lowest BCUT2D eigenvalue weighted by Gasteiger charge is -2.17. The van der Waals surface area contributed by atoms with E-state index in [0.29, 0.717) is 11.1 Å². The Hall–Kier alpha value is -3.10. The fourth-order valence-electron chi connectivity index (χ4n) is 3.10. The average molecular weight is 410 g/mol. The number of ether oxygens (including phenoxy) is 1. The molecule has 0 radical (unpaired) electrons. The van der Waals surface area contributed by atoms with Crippen molar-refractivity contribution in [3.63, 3.8) is 0 Å². The number of likely N-dealkylation sites (tertiary alicyclic amines) is 1. The maximum Gasteiger partial charge on any atom is 0.573 e. The van der Waals surface area contributed by atoms with E-state index in [1.165, 1.54) is 41.3 Å². The summed E-state index contributed by atoms with van der Waals surface area (Å²) >= 11 is 0. The second-order valence-corrected chi connectivity index (χ2v) is 6.71. The Kier molecular flexibility index (Phi) is 6.05. The van der Waals surface area contributed by atoms with Crippen molar-refractivity contribution in [1.29, 1.82) is 0 Å². The monoisotopic (exact) mass is 410 g/mol. The molecule has 0 unspecified atom stereocenters. The van der Waals surface area contributed by atoms with Gasteiger partial charge in [0.1, 0.15) is 11.6 Å². The maximum atomic E-state index is 13.2. The zero-order valence-electron chi connectivity index (χ0n) is 15.2. The molecule has 3 rings (SSSR count). The molecule has 0 spiro atoms. The first-order valence-corrected chi connectivity index (χ1v) is 8.84. The van der Waals surface area contributed by atoms with Crippen LogP contribution in [0.5, 0.6) is 5.75 Å². The standard InChI is InChI=1S/C20H18F4N2O3/c21-16-3-1-2-14(8-16)10-25-19(28)15-9-18(27)26(12-15)11-13-4-6-17(7-5-13)29-20(22,23)24/h1-8,15H,9-12H2,(H,25,28)/t15-/m0/s1. The van der Waals surface area contributed by atoms with Gasteiger partial charge in [-0.2, -0.15) is 0 Å². The Bertz CT molecular complexity index is 884. The van der Waals surface area contributed by atoms with Crippen molar-refractivity contribution < 1.29 is 31.9 Å². The molecule has 2 aromatic carbocycles. The smallest absolute Gasteiger partial charge is 0.406 e. The summed E-state index contributed by atoms with van der Waals surface area (Å²) in [5.74, 6) is -1.80. The number of halogens is 4. The molecule has 1 aliphatic heterocycles. The predicted molar refractivity (Wildman–Crippen MR) is 94.9 cm³/mol. The van der Waals surface area contributed by atoms with Crippen LogP contribution in [-0.2, 0) is 22.7 Å². The third kappa shape index (κ3) is 5.94. The normalized spacial score (nSPS) is 16.8. The quantitative estimate of drug-likeness (QED) is 0.743. The fourth-order valence-corrected chi connectivity index (χ4v) is 3.10. The van der Waals surface area contributed by atoms with E-state index in [9.17, 15) is 27.2 Å². The average Bonchev–Trinajstić information content (AvgIpc) is 3.01. The number of benzene rings is 2. The van der Waals surface area contributed by atoms with Crippen LogP contribution in [0.25, 0.3) is 0 Å². The summed E-state index contributed by atoms with van der Waals surface area (Å²) < 4.78 is 53.6. The molecule has 1 saturated heterocycles. The van der Waals surface area contributed by atoms with Gasteiger partial charge in [0.2, 0.25) is 11.8 Å². The molecule has 154 valence electrons. The fraction of sp³-hybridized carbons (Fsp3) is 0.300. The van der Waals surface area contributed by atoms with E-state index >= 15 is 0 Å². The van der Waals surface area contributed by atoms with Crippen LogP contribution in [0.1, 0.15) is 17.5 Å². The van der Waals surface area contributed by atoms with Gasteiger partial charge < -0.3 is 15.0 Å². The summed E-state index contributed by atoms with van der Waals surface area (Å²) in [7, 11) is 0. The minimum Gasteiger partial charge on any atom is -0.406 e. The van der Waals surface area contributed by atoms with Crippen LogP contribution in [0.2, 0.25) is 0 Å². The van der Waals surface area contributed by atoms with Crippen molar-refractivity contribution in [3.05, 3.63) is 65.5 Å². The summed E-state index contributed by atoms with van der Waals surface area (Å²) in [6.45, 7) is 0.537. The highest BCUT2D eigenvalue weighted by atomic mass is 19.4. The molecule has 2 aromatic rings. The predicted octanol–water partition coefficient (Wildman–Crippen LogP) is 3.39. The van der Waals surface area contributed by atoms with E-state index in [4.69, 9.17) is 0 Å². The molecule has 2 amide bonds. The summed E-state index contributed by atoms with van der Waals surface area (Å²) in [6.07, 6.45) is -4.72. The van der Waals surface area contributed by atoms with Gasteiger partial charge >= 0.3 is 6.36 Å². The first-order chi connectivity index (χ1) is 13.7. The minimum absolute atomic E-state index is 0.0459. The summed E-state index contributed by atoms with van der Waals surface area (Å²) in [6, 6.07) is 11.1. The van der Waals surface area contributed by atoms with Crippen LogP contribution >= 0.6 is 0 Å². The van der Waals surface area contributed by atoms with E-state index in [2.05, 4.69) is 10.1 Å². The first-order valence-electron chi connectivity index (χ1n) is 8.84. The zero-order chi connectivity index (χ0) is 21.0. The Balaban J connectivity index is 1.52. The third-order valence-corrected chi connectivity index (χ3v) is 4.47. The van der Waals surface area contributed by atoms with Crippen LogP contribution in [0, 0.1) is 11.7 Å². The number of carbonyl (C=O) groups excluding carboxylic acids is 2. The minimum atomic E-state index is -4.77. The number of amides is 2. The number of nitrogens with one attached hydrogen (secondary N) is 1. The maximum absolute atomic E-state index is 13.2. The molecule has 1 N–H and O–H groups in total. The van der Waals surface area contributed by atoms with Crippen LogP contribution in [-0.4, -0.2) is 29.6 Å². The van der Waals surface area contributed by atoms with Crippen LogP contribution in [0.4, 0.5) is 17.6 Å². The highest BCUT2D eigenvalue weighted by Crippen LogP contribution is 2.25. The molecule has 1 atom stereocenters. The highest BCUT2D eigenvalue weighted by Gasteiger charge is 2.34. The van der Waals surface area contributed by atoms with Crippen LogP contribution in [0.3, 0.4) is 0 Å². The molecular formula is C20H18F4N2O3. The Morgan fingerprint density at radius 2 is 1.86 bits per heavy atom. The SMILES string of the molecule is O=C(NCc1cccc(F)c1)[C@H]1CC(=O)N(Cc2ccc(OC(F)(F)F)cc2)C1. The number of rotatable bonds is 6. The van der Waals surface area contributed by atoms with E-state index in [0.717, 1.165) is 0 Å². The van der Waals surface area contributed by atoms with Crippen molar-refractivity contribution in [2.45, 2.75) is 25.9 Å². The molecule has 29 heavy (non-hydrogen) atoms. The van der Waals surface area contributed by atoms with E-state index in [1.807, 2.05) is 0 Å². The van der Waals surface area contributed by atoms with Crippen molar-refractivity contribution in [1.82, 2.24) is 10.2 Å². The number of hydrogen-bond acceptors (Lipinski definition) is 3. The summed E-state index contributed by atoms with van der Waals surface area (Å²) in [5.41, 5.74) is 1.23. The summed E-state index contributed by atoms with van der Waals surface area (Å²) in [4.78, 5) is 26.0. The second-order valence-electron chi connectivity index (χ2n) is 6.71. The molecular weight excluding hydrogens is 392 g/mol. The van der Waals surface area contributed by atoms with Crippen LogP contribution in [0.15, 0.2) is 48.5 Å². The molecule has 0 aromatic heterocycles. The second kappa shape index (κ2) is 8.50. The Morgan fingerprint density at radius 3 is 2.52 bits per heavy atom. The number of alkyl halides is 3. The van der Waals surface area contributed by atoms with Gasteiger partial charge in [-0.25, -0.2) is 4.39 Å². The van der Waals surface area contributed by atoms with Gasteiger partial charge in [0.05, 0.1) is 5.92 Å². The lowest BCUT2D eigenvalue weighted by atomic mass is 10.1. The Morgan fingerprint density at radius 1 is 1.14 bits per heavy atom. The number of hydrogen-bond donors (Lipinski definition) is 1. The van der Waals surface area contributed by atoms with Crippen molar-refractivity contribution in [2.75, 3.05) is 6.54 Å². The van der Waals surface area contributed by atoms with Gasteiger partial charge in [0.15, 0.2) is 0 Å². The lowest BCUT2D eigenvalue weighted by Crippen LogP contribution is -2.32. The third-order valence-electron chi connectivity index (χ3n) is 4.47. The van der Waals surface area contributed by atoms with E-state index in [-0.39, 0.29) is 43.6 Å². The highest BCUT2D eigenvalue weighted by molar-refractivity contribution is 5.89. The van der Waals surface area contributed by atoms with Gasteiger partial charge in [-0.1, -0.05) is 24.3 Å². The molecule has 0 bridgehead atoms. The van der Waals surface area contributed by atoms with Gasteiger partial charge in [0.25, 0.3) is 0 Å². The topological polar surface area (TPSA) is 58.6 Å². The Labute approximate surface area is 164 Å². The number of nitrogens with zero attached hydrogens (tertiary/aromatic N) is 1. The first kappa shape index (κ1) is 20.6. The lowest BCUT2D eigenvalue weighted by molar-refractivity contribution is -0.274. The van der Waals surface area contributed by atoms with Crippen LogP contribution < -0.4 is 10.1 Å². The molecule has 1 fully saturated rings. The molecule has 9 heteroatoms. The molecule has 0 aliphatic carbocycles. The largest absolute Gasteiger partial charge is 0.573 e. The van der Waals surface area contributed by atoms with Crippen molar-refractivity contribution >= 4 is 11.8 Å². The summed E-state index contributed by atoms with van der Waals surface area (Å²) in [5, 5.41) is 2.69. The van der Waals surface area contributed by atoms with Crippen molar-refractivity contribution in [3.8, 4) is 5.75 Å². The van der Waals surface area contributed by atoms with Gasteiger partial charge in [-0.05, 0) is 35.4 Å². The van der Waals surface area contributed by atoms with Gasteiger partial charge in [-0.3, -0.25) is 9.59 Å². The molecule has 0 saturated carbocycles. The number of carbonyl (C=O) groups is 2. The molecule has 1 aliphatic rings. The van der Waals surface area contributed by atoms with Gasteiger partial charge in [0, 0.05) is 26.1 Å².